The quantitative estimate of drug-likeness (QED) is 0.775. The maximum absolute atomic E-state index is 6.12. The van der Waals surface area contributed by atoms with Crippen molar-refractivity contribution in [3.63, 3.8) is 0 Å². The third-order valence-corrected chi connectivity index (χ3v) is 4.74. The van der Waals surface area contributed by atoms with Crippen molar-refractivity contribution in [3.8, 4) is 0 Å². The summed E-state index contributed by atoms with van der Waals surface area (Å²) < 4.78 is 5.45. The molecule has 1 saturated carbocycles. The molecule has 94 valence electrons. The lowest BCUT2D eigenvalue weighted by Crippen LogP contribution is -2.62. The van der Waals surface area contributed by atoms with E-state index >= 15 is 0 Å². The van der Waals surface area contributed by atoms with Gasteiger partial charge in [-0.25, -0.2) is 0 Å². The summed E-state index contributed by atoms with van der Waals surface area (Å²) >= 11 is 0. The van der Waals surface area contributed by atoms with Crippen LogP contribution in [-0.2, 0) is 4.74 Å². The highest BCUT2D eigenvalue weighted by atomic mass is 16.5. The molecule has 3 heteroatoms. The van der Waals surface area contributed by atoms with Gasteiger partial charge in [0.1, 0.15) is 0 Å². The van der Waals surface area contributed by atoms with Gasteiger partial charge in [-0.1, -0.05) is 13.8 Å². The Morgan fingerprint density at radius 2 is 2.00 bits per heavy atom. The lowest BCUT2D eigenvalue weighted by Gasteiger charge is -2.52. The van der Waals surface area contributed by atoms with E-state index in [9.17, 15) is 0 Å². The normalized spacial score (nSPS) is 42.2. The predicted molar refractivity (Wildman–Crippen MR) is 66.4 cm³/mol. The van der Waals surface area contributed by atoms with E-state index in [1.54, 1.807) is 0 Å². The highest BCUT2D eigenvalue weighted by molar-refractivity contribution is 5.00. The fourth-order valence-corrected chi connectivity index (χ4v) is 3.59. The number of nitrogens with zero attached hydrogens (tertiary/aromatic N) is 1. The second-order valence-corrected chi connectivity index (χ2v) is 5.69. The van der Waals surface area contributed by atoms with Gasteiger partial charge in [-0.15, -0.1) is 0 Å². The average molecular weight is 226 g/mol. The van der Waals surface area contributed by atoms with Crippen molar-refractivity contribution in [3.05, 3.63) is 0 Å². The molecule has 0 spiro atoms. The SMILES string of the molecule is CC1CCC(CN)(N2CCOCC2)C(C)C1. The van der Waals surface area contributed by atoms with Crippen LogP contribution in [0.1, 0.15) is 33.1 Å². The van der Waals surface area contributed by atoms with Crippen molar-refractivity contribution in [2.45, 2.75) is 38.6 Å². The summed E-state index contributed by atoms with van der Waals surface area (Å²) in [5, 5.41) is 0. The zero-order valence-corrected chi connectivity index (χ0v) is 10.7. The average Bonchev–Trinajstić information content (AvgIpc) is 2.31. The molecule has 0 aromatic heterocycles. The fraction of sp³-hybridized carbons (Fsp3) is 1.00. The summed E-state index contributed by atoms with van der Waals surface area (Å²) in [6.07, 6.45) is 3.93. The van der Waals surface area contributed by atoms with Crippen LogP contribution in [0.3, 0.4) is 0 Å². The lowest BCUT2D eigenvalue weighted by atomic mass is 9.69. The second kappa shape index (κ2) is 5.03. The van der Waals surface area contributed by atoms with Crippen LogP contribution in [0.5, 0.6) is 0 Å². The molecule has 3 unspecified atom stereocenters. The molecule has 0 bridgehead atoms. The zero-order valence-electron chi connectivity index (χ0n) is 10.7. The van der Waals surface area contributed by atoms with Crippen molar-refractivity contribution < 1.29 is 4.74 Å². The van der Waals surface area contributed by atoms with Crippen LogP contribution in [0.25, 0.3) is 0 Å². The number of rotatable bonds is 2. The van der Waals surface area contributed by atoms with Gasteiger partial charge in [0, 0.05) is 25.2 Å². The molecule has 0 radical (unpaired) electrons. The topological polar surface area (TPSA) is 38.5 Å². The first-order valence-electron chi connectivity index (χ1n) is 6.72. The van der Waals surface area contributed by atoms with Gasteiger partial charge in [0.2, 0.25) is 0 Å². The number of hydrogen-bond acceptors (Lipinski definition) is 3. The van der Waals surface area contributed by atoms with Gasteiger partial charge >= 0.3 is 0 Å². The molecule has 2 N–H and O–H groups in total. The van der Waals surface area contributed by atoms with Gasteiger partial charge in [0.25, 0.3) is 0 Å². The van der Waals surface area contributed by atoms with Crippen LogP contribution in [0.15, 0.2) is 0 Å². The highest BCUT2D eigenvalue weighted by Gasteiger charge is 2.43. The summed E-state index contributed by atoms with van der Waals surface area (Å²) in [6, 6.07) is 0. The predicted octanol–water partition coefficient (Wildman–Crippen LogP) is 1.47. The molecular formula is C13H26N2O. The molecule has 2 fully saturated rings. The fourth-order valence-electron chi connectivity index (χ4n) is 3.59. The molecule has 1 aliphatic carbocycles. The number of morpholine rings is 1. The first-order chi connectivity index (χ1) is 7.69. The minimum atomic E-state index is 0.260. The molecule has 2 rings (SSSR count). The Kier molecular flexibility index (Phi) is 3.88. The smallest absolute Gasteiger partial charge is 0.0594 e. The molecule has 0 aromatic carbocycles. The highest BCUT2D eigenvalue weighted by Crippen LogP contribution is 2.40. The Labute approximate surface area is 99.3 Å². The van der Waals surface area contributed by atoms with Crippen LogP contribution in [0, 0.1) is 11.8 Å². The van der Waals surface area contributed by atoms with Crippen LogP contribution in [-0.4, -0.2) is 43.3 Å². The third kappa shape index (κ3) is 2.13. The number of hydrogen-bond donors (Lipinski definition) is 1. The monoisotopic (exact) mass is 226 g/mol. The second-order valence-electron chi connectivity index (χ2n) is 5.69. The Bertz CT molecular complexity index is 228. The molecule has 1 aliphatic heterocycles. The Morgan fingerprint density at radius 1 is 1.31 bits per heavy atom. The van der Waals surface area contributed by atoms with Gasteiger partial charge in [0.15, 0.2) is 0 Å². The van der Waals surface area contributed by atoms with Crippen molar-refractivity contribution in [1.29, 1.82) is 0 Å². The zero-order chi connectivity index (χ0) is 11.6. The molecule has 3 atom stereocenters. The van der Waals surface area contributed by atoms with Gasteiger partial charge in [-0.05, 0) is 31.1 Å². The summed E-state index contributed by atoms with van der Waals surface area (Å²) in [5.41, 5.74) is 6.38. The van der Waals surface area contributed by atoms with Crippen LogP contribution < -0.4 is 5.73 Å². The summed E-state index contributed by atoms with van der Waals surface area (Å²) in [5.74, 6) is 1.59. The van der Waals surface area contributed by atoms with E-state index in [2.05, 4.69) is 18.7 Å². The van der Waals surface area contributed by atoms with E-state index in [0.717, 1.165) is 44.7 Å². The summed E-state index contributed by atoms with van der Waals surface area (Å²) in [4.78, 5) is 2.60. The molecule has 1 heterocycles. The third-order valence-electron chi connectivity index (χ3n) is 4.74. The molecule has 0 amide bonds. The summed E-state index contributed by atoms with van der Waals surface area (Å²) in [6.45, 7) is 9.45. The molecule has 0 aromatic rings. The van der Waals surface area contributed by atoms with Crippen molar-refractivity contribution in [2.24, 2.45) is 17.6 Å². The summed E-state index contributed by atoms with van der Waals surface area (Å²) in [7, 11) is 0. The van der Waals surface area contributed by atoms with E-state index in [1.165, 1.54) is 19.3 Å². The maximum Gasteiger partial charge on any atom is 0.0594 e. The molecule has 16 heavy (non-hydrogen) atoms. The van der Waals surface area contributed by atoms with Gasteiger partial charge in [0.05, 0.1) is 13.2 Å². The molecule has 2 aliphatic rings. The first kappa shape index (κ1) is 12.3. The molecular weight excluding hydrogens is 200 g/mol. The van der Waals surface area contributed by atoms with Crippen LogP contribution >= 0.6 is 0 Å². The number of ether oxygens (including phenoxy) is 1. The minimum absolute atomic E-state index is 0.260. The lowest BCUT2D eigenvalue weighted by molar-refractivity contribution is -0.0613. The Balaban J connectivity index is 2.10. The van der Waals surface area contributed by atoms with Gasteiger partial charge in [-0.3, -0.25) is 4.90 Å². The van der Waals surface area contributed by atoms with E-state index in [4.69, 9.17) is 10.5 Å². The van der Waals surface area contributed by atoms with E-state index in [1.807, 2.05) is 0 Å². The van der Waals surface area contributed by atoms with Gasteiger partial charge < -0.3 is 10.5 Å². The van der Waals surface area contributed by atoms with Crippen molar-refractivity contribution in [2.75, 3.05) is 32.8 Å². The largest absolute Gasteiger partial charge is 0.379 e. The van der Waals surface area contributed by atoms with Crippen molar-refractivity contribution >= 4 is 0 Å². The van der Waals surface area contributed by atoms with E-state index in [-0.39, 0.29) is 5.54 Å². The first-order valence-corrected chi connectivity index (χ1v) is 6.72. The van der Waals surface area contributed by atoms with E-state index < -0.39 is 0 Å². The van der Waals surface area contributed by atoms with Crippen LogP contribution in [0.4, 0.5) is 0 Å². The Morgan fingerprint density at radius 3 is 2.56 bits per heavy atom. The minimum Gasteiger partial charge on any atom is -0.379 e. The maximum atomic E-state index is 6.12. The Hall–Kier alpha value is -0.120. The standard InChI is InChI=1S/C13H26N2O/c1-11-3-4-13(10-14,12(2)9-11)15-5-7-16-8-6-15/h11-12H,3-10,14H2,1-2H3. The van der Waals surface area contributed by atoms with Crippen molar-refractivity contribution in [1.82, 2.24) is 4.90 Å². The number of nitrogens with two attached hydrogens (primary N) is 1. The molecule has 3 nitrogen and oxygen atoms in total. The molecule has 1 saturated heterocycles. The van der Waals surface area contributed by atoms with Crippen LogP contribution in [0.2, 0.25) is 0 Å². The van der Waals surface area contributed by atoms with Gasteiger partial charge in [-0.2, -0.15) is 0 Å². The van der Waals surface area contributed by atoms with E-state index in [0.29, 0.717) is 0 Å².